The van der Waals surface area contributed by atoms with Gasteiger partial charge in [0.15, 0.2) is 5.82 Å². The Morgan fingerprint density at radius 3 is 2.94 bits per heavy atom. The van der Waals surface area contributed by atoms with E-state index in [0.29, 0.717) is 0 Å². The van der Waals surface area contributed by atoms with E-state index in [-0.39, 0.29) is 0 Å². The van der Waals surface area contributed by atoms with Crippen molar-refractivity contribution in [2.45, 2.75) is 26.8 Å². The van der Waals surface area contributed by atoms with Crippen LogP contribution in [-0.4, -0.2) is 36.2 Å². The highest BCUT2D eigenvalue weighted by Gasteiger charge is 2.18. The van der Waals surface area contributed by atoms with Crippen molar-refractivity contribution in [2.24, 2.45) is 0 Å². The zero-order valence-electron chi connectivity index (χ0n) is 10.6. The molecule has 0 N–H and O–H groups in total. The maximum atomic E-state index is 4.40. The van der Waals surface area contributed by atoms with E-state index in [1.807, 2.05) is 31.8 Å². The molecule has 18 heavy (non-hydrogen) atoms. The number of fused-ring (bicyclic) bond motifs is 1. The normalized spacial score (nSPS) is 15.2. The van der Waals surface area contributed by atoms with Crippen LogP contribution < -0.4 is 0 Å². The first-order valence-electron chi connectivity index (χ1n) is 6.06. The fourth-order valence-electron chi connectivity index (χ4n) is 2.18. The molecule has 2 aromatic heterocycles. The van der Waals surface area contributed by atoms with E-state index in [2.05, 4.69) is 24.7 Å². The fourth-order valence-corrected chi connectivity index (χ4v) is 3.02. The summed E-state index contributed by atoms with van der Waals surface area (Å²) in [7, 11) is 0. The van der Waals surface area contributed by atoms with Crippen LogP contribution in [0.4, 0.5) is 0 Å². The molecule has 0 unspecified atom stereocenters. The van der Waals surface area contributed by atoms with Crippen LogP contribution in [-0.2, 0) is 13.0 Å². The summed E-state index contributed by atoms with van der Waals surface area (Å²) >= 11 is 1.97. The average Bonchev–Trinajstić information content (AvgIpc) is 2.59. The summed E-state index contributed by atoms with van der Waals surface area (Å²) in [5.74, 6) is 5.02. The predicted molar refractivity (Wildman–Crippen MR) is 71.6 cm³/mol. The van der Waals surface area contributed by atoms with Crippen LogP contribution in [0.25, 0.3) is 11.4 Å². The Hall–Kier alpha value is -1.43. The minimum atomic E-state index is 0.794. The monoisotopic (exact) mass is 261 g/mol. The van der Waals surface area contributed by atoms with E-state index in [1.165, 1.54) is 0 Å². The topological polar surface area (TPSA) is 56.5 Å². The number of aryl methyl sites for hydroxylation is 3. The molecule has 0 amide bonds. The second-order valence-corrected chi connectivity index (χ2v) is 5.59. The van der Waals surface area contributed by atoms with Crippen molar-refractivity contribution in [1.82, 2.24) is 24.7 Å². The van der Waals surface area contributed by atoms with Crippen molar-refractivity contribution in [3.05, 3.63) is 23.5 Å². The van der Waals surface area contributed by atoms with Crippen LogP contribution in [0.2, 0.25) is 0 Å². The van der Waals surface area contributed by atoms with Gasteiger partial charge in [0.05, 0.1) is 11.3 Å². The minimum Gasteiger partial charge on any atom is -0.310 e. The lowest BCUT2D eigenvalue weighted by molar-refractivity contribution is 0.730. The lowest BCUT2D eigenvalue weighted by Gasteiger charge is -2.08. The van der Waals surface area contributed by atoms with Gasteiger partial charge in [0, 0.05) is 30.7 Å². The van der Waals surface area contributed by atoms with Crippen molar-refractivity contribution < 1.29 is 0 Å². The molecule has 0 saturated carbocycles. The van der Waals surface area contributed by atoms with Gasteiger partial charge >= 0.3 is 0 Å². The van der Waals surface area contributed by atoms with Crippen LogP contribution >= 0.6 is 11.8 Å². The predicted octanol–water partition coefficient (Wildman–Crippen LogP) is 1.64. The van der Waals surface area contributed by atoms with Gasteiger partial charge in [-0.25, -0.2) is 9.97 Å². The molecule has 2 aromatic rings. The van der Waals surface area contributed by atoms with Gasteiger partial charge in [-0.15, -0.1) is 10.2 Å². The summed E-state index contributed by atoms with van der Waals surface area (Å²) in [6.07, 6.45) is 2.84. The number of thioether (sulfide) groups is 1. The minimum absolute atomic E-state index is 0.794. The molecule has 5 nitrogen and oxygen atoms in total. The van der Waals surface area contributed by atoms with Crippen LogP contribution in [0.15, 0.2) is 6.20 Å². The average molecular weight is 261 g/mol. The quantitative estimate of drug-likeness (QED) is 0.781. The number of nitrogens with zero attached hydrogens (tertiary/aromatic N) is 5. The summed E-state index contributed by atoms with van der Waals surface area (Å²) in [5.41, 5.74) is 1.96. The third-order valence-electron chi connectivity index (χ3n) is 3.10. The van der Waals surface area contributed by atoms with Gasteiger partial charge in [0.25, 0.3) is 0 Å². The van der Waals surface area contributed by atoms with Gasteiger partial charge in [-0.2, -0.15) is 11.8 Å². The molecule has 0 bridgehead atoms. The van der Waals surface area contributed by atoms with Crippen molar-refractivity contribution in [3.8, 4) is 11.4 Å². The summed E-state index contributed by atoms with van der Waals surface area (Å²) in [5, 5.41) is 8.62. The fraction of sp³-hybridized carbons (Fsp3) is 0.500. The summed E-state index contributed by atoms with van der Waals surface area (Å²) in [6.45, 7) is 4.87. The van der Waals surface area contributed by atoms with Crippen molar-refractivity contribution in [2.75, 3.05) is 11.5 Å². The van der Waals surface area contributed by atoms with E-state index >= 15 is 0 Å². The van der Waals surface area contributed by atoms with E-state index < -0.39 is 0 Å². The summed E-state index contributed by atoms with van der Waals surface area (Å²) in [6, 6.07) is 0. The first-order valence-corrected chi connectivity index (χ1v) is 7.21. The van der Waals surface area contributed by atoms with E-state index in [1.54, 1.807) is 0 Å². The highest BCUT2D eigenvalue weighted by atomic mass is 32.2. The molecule has 0 aliphatic carbocycles. The van der Waals surface area contributed by atoms with E-state index in [4.69, 9.17) is 0 Å². The molecule has 0 fully saturated rings. The lowest BCUT2D eigenvalue weighted by atomic mass is 10.2. The first kappa shape index (κ1) is 11.6. The second kappa shape index (κ2) is 4.68. The third kappa shape index (κ3) is 2.01. The van der Waals surface area contributed by atoms with Crippen LogP contribution in [0.5, 0.6) is 0 Å². The van der Waals surface area contributed by atoms with Crippen LogP contribution in [0, 0.1) is 13.8 Å². The molecule has 0 aromatic carbocycles. The molecule has 1 aliphatic rings. The molecule has 6 heteroatoms. The number of rotatable bonds is 1. The van der Waals surface area contributed by atoms with E-state index in [0.717, 1.165) is 53.2 Å². The Morgan fingerprint density at radius 2 is 2.11 bits per heavy atom. The number of hydrogen-bond acceptors (Lipinski definition) is 5. The smallest absolute Gasteiger partial charge is 0.167 e. The number of aromatic nitrogens is 5. The first-order chi connectivity index (χ1) is 8.75. The molecule has 94 valence electrons. The maximum Gasteiger partial charge on any atom is 0.167 e. The molecule has 0 radical (unpaired) electrons. The lowest BCUT2D eigenvalue weighted by Crippen LogP contribution is -2.06. The van der Waals surface area contributed by atoms with Crippen molar-refractivity contribution >= 4 is 11.8 Å². The molecule has 0 atom stereocenters. The Labute approximate surface area is 110 Å². The Morgan fingerprint density at radius 1 is 1.22 bits per heavy atom. The van der Waals surface area contributed by atoms with Crippen molar-refractivity contribution in [3.63, 3.8) is 0 Å². The molecule has 0 saturated heterocycles. The summed E-state index contributed by atoms with van der Waals surface area (Å²) < 4.78 is 2.21. The zero-order valence-corrected chi connectivity index (χ0v) is 11.4. The Kier molecular flexibility index (Phi) is 3.03. The van der Waals surface area contributed by atoms with Gasteiger partial charge in [-0.1, -0.05) is 0 Å². The molecular formula is C12H15N5S. The Bertz CT molecular complexity index is 578. The van der Waals surface area contributed by atoms with Gasteiger partial charge in [-0.3, -0.25) is 0 Å². The third-order valence-corrected chi connectivity index (χ3v) is 4.06. The van der Waals surface area contributed by atoms with Crippen LogP contribution in [0.3, 0.4) is 0 Å². The molecule has 3 heterocycles. The Balaban J connectivity index is 2.09. The zero-order chi connectivity index (χ0) is 12.5. The standard InChI is InChI=1S/C12H15N5S/c1-8-10(7-13-9(2)14-8)12-16-15-11-3-5-18-6-4-17(11)12/h7H,3-6H2,1-2H3. The van der Waals surface area contributed by atoms with E-state index in [9.17, 15) is 0 Å². The van der Waals surface area contributed by atoms with Crippen LogP contribution in [0.1, 0.15) is 17.3 Å². The van der Waals surface area contributed by atoms with Gasteiger partial charge in [0.2, 0.25) is 0 Å². The SMILES string of the molecule is Cc1ncc(-c2nnc3n2CCSCC3)c(C)n1. The molecule has 0 spiro atoms. The van der Waals surface area contributed by atoms with Crippen molar-refractivity contribution in [1.29, 1.82) is 0 Å². The summed E-state index contributed by atoms with van der Waals surface area (Å²) in [4.78, 5) is 8.68. The van der Waals surface area contributed by atoms with Gasteiger partial charge in [0.1, 0.15) is 11.6 Å². The highest BCUT2D eigenvalue weighted by molar-refractivity contribution is 7.99. The second-order valence-electron chi connectivity index (χ2n) is 4.37. The van der Waals surface area contributed by atoms with Gasteiger partial charge in [-0.05, 0) is 13.8 Å². The molecule has 1 aliphatic heterocycles. The van der Waals surface area contributed by atoms with Gasteiger partial charge < -0.3 is 4.57 Å². The highest BCUT2D eigenvalue weighted by Crippen LogP contribution is 2.23. The largest absolute Gasteiger partial charge is 0.310 e. The maximum absolute atomic E-state index is 4.40. The molecule has 3 rings (SSSR count). The molecular weight excluding hydrogens is 246 g/mol. The number of hydrogen-bond donors (Lipinski definition) is 0.